The molecule has 0 spiro atoms. The molecule has 0 amide bonds. The molecule has 2 aromatic rings. The van der Waals surface area contributed by atoms with Gasteiger partial charge in [-0.15, -0.1) is 0 Å². The van der Waals surface area contributed by atoms with Crippen molar-refractivity contribution in [3.63, 3.8) is 0 Å². The number of nitrogens with zero attached hydrogens (tertiary/aromatic N) is 2. The zero-order valence-corrected chi connectivity index (χ0v) is 11.9. The van der Waals surface area contributed by atoms with Gasteiger partial charge in [-0.25, -0.2) is 4.98 Å². The monoisotopic (exact) mass is 272 g/mol. The first kappa shape index (κ1) is 14.1. The summed E-state index contributed by atoms with van der Waals surface area (Å²) in [6.07, 6.45) is 0.890. The molecule has 0 atom stereocenters. The topological polar surface area (TPSA) is 73.1 Å². The van der Waals surface area contributed by atoms with E-state index in [4.69, 9.17) is 10.5 Å². The SMILES string of the molecule is CCOc1cc(C)nc(NCCc2ccc(N)cc2)n1. The maximum Gasteiger partial charge on any atom is 0.226 e. The molecular formula is C15H20N4O. The average Bonchev–Trinajstić information content (AvgIpc) is 2.41. The summed E-state index contributed by atoms with van der Waals surface area (Å²) in [7, 11) is 0. The van der Waals surface area contributed by atoms with Crippen LogP contribution >= 0.6 is 0 Å². The lowest BCUT2D eigenvalue weighted by molar-refractivity contribution is 0.326. The van der Waals surface area contributed by atoms with Crippen LogP contribution in [0.5, 0.6) is 5.88 Å². The van der Waals surface area contributed by atoms with Gasteiger partial charge in [0.05, 0.1) is 6.61 Å². The number of aryl methyl sites for hydroxylation is 1. The highest BCUT2D eigenvalue weighted by Crippen LogP contribution is 2.12. The van der Waals surface area contributed by atoms with Crippen LogP contribution in [0, 0.1) is 6.92 Å². The van der Waals surface area contributed by atoms with Crippen molar-refractivity contribution in [1.82, 2.24) is 9.97 Å². The highest BCUT2D eigenvalue weighted by molar-refractivity contribution is 5.39. The van der Waals surface area contributed by atoms with Crippen LogP contribution in [0.1, 0.15) is 18.2 Å². The maximum absolute atomic E-state index is 5.66. The van der Waals surface area contributed by atoms with Crippen LogP contribution in [-0.4, -0.2) is 23.1 Å². The molecule has 0 aliphatic rings. The minimum atomic E-state index is 0.599. The van der Waals surface area contributed by atoms with Crippen molar-refractivity contribution < 1.29 is 4.74 Å². The van der Waals surface area contributed by atoms with Gasteiger partial charge < -0.3 is 15.8 Å². The van der Waals surface area contributed by atoms with E-state index in [0.717, 1.165) is 24.3 Å². The predicted molar refractivity (Wildman–Crippen MR) is 81.0 cm³/mol. The Kier molecular flexibility index (Phi) is 4.76. The molecule has 0 unspecified atom stereocenters. The summed E-state index contributed by atoms with van der Waals surface area (Å²) >= 11 is 0. The summed E-state index contributed by atoms with van der Waals surface area (Å²) in [5.74, 6) is 1.21. The standard InChI is InChI=1S/C15H20N4O/c1-3-20-14-10-11(2)18-15(19-14)17-9-8-12-4-6-13(16)7-5-12/h4-7,10H,3,8-9,16H2,1-2H3,(H,17,18,19). The fourth-order valence-corrected chi connectivity index (χ4v) is 1.84. The average molecular weight is 272 g/mol. The van der Waals surface area contributed by atoms with Crippen molar-refractivity contribution in [2.75, 3.05) is 24.2 Å². The number of anilines is 2. The lowest BCUT2D eigenvalue weighted by atomic mass is 10.1. The van der Waals surface area contributed by atoms with Gasteiger partial charge in [-0.1, -0.05) is 12.1 Å². The largest absolute Gasteiger partial charge is 0.478 e. The Bertz CT molecular complexity index is 554. The Balaban J connectivity index is 1.91. The molecule has 5 nitrogen and oxygen atoms in total. The highest BCUT2D eigenvalue weighted by atomic mass is 16.5. The molecule has 0 fully saturated rings. The maximum atomic E-state index is 5.66. The zero-order chi connectivity index (χ0) is 14.4. The van der Waals surface area contributed by atoms with E-state index in [1.807, 2.05) is 44.2 Å². The van der Waals surface area contributed by atoms with Crippen molar-refractivity contribution in [1.29, 1.82) is 0 Å². The smallest absolute Gasteiger partial charge is 0.226 e. The van der Waals surface area contributed by atoms with Crippen molar-refractivity contribution in [3.05, 3.63) is 41.6 Å². The third kappa shape index (κ3) is 4.12. The predicted octanol–water partition coefficient (Wildman–Crippen LogP) is 2.42. The molecule has 5 heteroatoms. The fraction of sp³-hybridized carbons (Fsp3) is 0.333. The molecule has 3 N–H and O–H groups in total. The van der Waals surface area contributed by atoms with Crippen LogP contribution in [-0.2, 0) is 6.42 Å². The molecule has 0 aliphatic carbocycles. The van der Waals surface area contributed by atoms with Crippen LogP contribution in [0.2, 0.25) is 0 Å². The van der Waals surface area contributed by atoms with Crippen molar-refractivity contribution in [2.45, 2.75) is 20.3 Å². The van der Waals surface area contributed by atoms with Crippen LogP contribution in [0.15, 0.2) is 30.3 Å². The van der Waals surface area contributed by atoms with E-state index in [9.17, 15) is 0 Å². The van der Waals surface area contributed by atoms with Gasteiger partial charge in [0.15, 0.2) is 0 Å². The van der Waals surface area contributed by atoms with Crippen molar-refractivity contribution in [2.24, 2.45) is 0 Å². The Morgan fingerprint density at radius 2 is 1.95 bits per heavy atom. The van der Waals surface area contributed by atoms with Gasteiger partial charge >= 0.3 is 0 Å². The van der Waals surface area contributed by atoms with E-state index < -0.39 is 0 Å². The Hall–Kier alpha value is -2.30. The number of hydrogen-bond acceptors (Lipinski definition) is 5. The minimum absolute atomic E-state index is 0.599. The number of aromatic nitrogens is 2. The number of rotatable bonds is 6. The number of benzene rings is 1. The van der Waals surface area contributed by atoms with Crippen LogP contribution in [0.3, 0.4) is 0 Å². The molecule has 0 saturated heterocycles. The van der Waals surface area contributed by atoms with Gasteiger partial charge in [0.2, 0.25) is 11.8 Å². The number of nitrogens with one attached hydrogen (secondary N) is 1. The van der Waals surface area contributed by atoms with Crippen LogP contribution < -0.4 is 15.8 Å². The summed E-state index contributed by atoms with van der Waals surface area (Å²) in [5, 5.41) is 3.21. The van der Waals surface area contributed by atoms with Crippen LogP contribution in [0.25, 0.3) is 0 Å². The van der Waals surface area contributed by atoms with E-state index in [0.29, 0.717) is 18.4 Å². The van der Waals surface area contributed by atoms with E-state index >= 15 is 0 Å². The second-order valence-electron chi connectivity index (χ2n) is 4.52. The van der Waals surface area contributed by atoms with Gasteiger partial charge in [0.25, 0.3) is 0 Å². The molecule has 1 heterocycles. The van der Waals surface area contributed by atoms with Gasteiger partial charge in [0, 0.05) is 24.0 Å². The molecule has 106 valence electrons. The summed E-state index contributed by atoms with van der Waals surface area (Å²) in [6.45, 7) is 5.22. The number of hydrogen-bond donors (Lipinski definition) is 2. The van der Waals surface area contributed by atoms with Gasteiger partial charge in [-0.2, -0.15) is 4.98 Å². The third-order valence-corrected chi connectivity index (χ3v) is 2.80. The molecule has 0 bridgehead atoms. The molecule has 1 aromatic heterocycles. The summed E-state index contributed by atoms with van der Waals surface area (Å²) in [6, 6.07) is 9.70. The van der Waals surface area contributed by atoms with Crippen molar-refractivity contribution in [3.8, 4) is 5.88 Å². The van der Waals surface area contributed by atoms with Gasteiger partial charge in [-0.3, -0.25) is 0 Å². The number of nitrogens with two attached hydrogens (primary N) is 1. The first-order chi connectivity index (χ1) is 9.67. The van der Waals surface area contributed by atoms with Gasteiger partial charge in [-0.05, 0) is 38.0 Å². The lowest BCUT2D eigenvalue weighted by Crippen LogP contribution is -2.09. The molecular weight excluding hydrogens is 252 g/mol. The first-order valence-corrected chi connectivity index (χ1v) is 6.74. The Labute approximate surface area is 119 Å². The molecule has 0 aliphatic heterocycles. The van der Waals surface area contributed by atoms with Crippen LogP contribution in [0.4, 0.5) is 11.6 Å². The molecule has 0 radical (unpaired) electrons. The lowest BCUT2D eigenvalue weighted by Gasteiger charge is -2.08. The fourth-order valence-electron chi connectivity index (χ4n) is 1.84. The third-order valence-electron chi connectivity index (χ3n) is 2.80. The van der Waals surface area contributed by atoms with E-state index in [-0.39, 0.29) is 0 Å². The van der Waals surface area contributed by atoms with Gasteiger partial charge in [0.1, 0.15) is 0 Å². The highest BCUT2D eigenvalue weighted by Gasteiger charge is 2.02. The first-order valence-electron chi connectivity index (χ1n) is 6.74. The minimum Gasteiger partial charge on any atom is -0.478 e. The number of nitrogen functional groups attached to an aromatic ring is 1. The number of ether oxygens (including phenoxy) is 1. The second kappa shape index (κ2) is 6.75. The zero-order valence-electron chi connectivity index (χ0n) is 11.9. The van der Waals surface area contributed by atoms with Crippen molar-refractivity contribution >= 4 is 11.6 Å². The second-order valence-corrected chi connectivity index (χ2v) is 4.52. The summed E-state index contributed by atoms with van der Waals surface area (Å²) in [5.41, 5.74) is 8.55. The summed E-state index contributed by atoms with van der Waals surface area (Å²) < 4.78 is 5.40. The Morgan fingerprint density at radius 1 is 1.20 bits per heavy atom. The van der Waals surface area contributed by atoms with E-state index in [1.54, 1.807) is 0 Å². The molecule has 2 rings (SSSR count). The quantitative estimate of drug-likeness (QED) is 0.790. The summed E-state index contributed by atoms with van der Waals surface area (Å²) in [4.78, 5) is 8.64. The molecule has 20 heavy (non-hydrogen) atoms. The normalized spacial score (nSPS) is 10.3. The molecule has 0 saturated carbocycles. The van der Waals surface area contributed by atoms with E-state index in [1.165, 1.54) is 5.56 Å². The van der Waals surface area contributed by atoms with E-state index in [2.05, 4.69) is 15.3 Å². The molecule has 1 aromatic carbocycles. The Morgan fingerprint density at radius 3 is 2.65 bits per heavy atom.